The van der Waals surface area contributed by atoms with E-state index in [1.165, 1.54) is 5.57 Å². The second-order valence-corrected chi connectivity index (χ2v) is 9.20. The van der Waals surface area contributed by atoms with Gasteiger partial charge in [0.1, 0.15) is 12.4 Å². The lowest BCUT2D eigenvalue weighted by Gasteiger charge is -2.23. The van der Waals surface area contributed by atoms with Crippen molar-refractivity contribution >= 4 is 27.5 Å². The van der Waals surface area contributed by atoms with E-state index in [9.17, 15) is 8.42 Å². The molecule has 6 heteroatoms. The van der Waals surface area contributed by atoms with Crippen LogP contribution < -0.4 is 4.74 Å². The summed E-state index contributed by atoms with van der Waals surface area (Å²) in [5.74, 6) is 1.54. The lowest BCUT2D eigenvalue weighted by Crippen LogP contribution is -2.29. The van der Waals surface area contributed by atoms with Gasteiger partial charge in [-0.05, 0) is 42.2 Å². The molecule has 0 N–H and O–H groups in total. The van der Waals surface area contributed by atoms with Gasteiger partial charge in [-0.3, -0.25) is 4.90 Å². The van der Waals surface area contributed by atoms with Crippen LogP contribution in [0.5, 0.6) is 5.75 Å². The topological polar surface area (TPSA) is 46.6 Å². The van der Waals surface area contributed by atoms with E-state index in [-0.39, 0.29) is 5.25 Å². The predicted octanol–water partition coefficient (Wildman–Crippen LogP) is 2.23. The van der Waals surface area contributed by atoms with Gasteiger partial charge in [0.25, 0.3) is 0 Å². The summed E-state index contributed by atoms with van der Waals surface area (Å²) in [6.07, 6.45) is 2.94. The lowest BCUT2D eigenvalue weighted by atomic mass is 10.1. The van der Waals surface area contributed by atoms with Crippen molar-refractivity contribution < 1.29 is 13.2 Å². The first-order valence-corrected chi connectivity index (χ1v) is 9.66. The van der Waals surface area contributed by atoms with Gasteiger partial charge in [-0.15, -0.1) is 0 Å². The van der Waals surface area contributed by atoms with Gasteiger partial charge in [-0.25, -0.2) is 8.42 Å². The van der Waals surface area contributed by atoms with E-state index in [2.05, 4.69) is 11.0 Å². The van der Waals surface area contributed by atoms with Crippen LogP contribution in [0.2, 0.25) is 5.02 Å². The zero-order chi connectivity index (χ0) is 15.3. The Labute approximate surface area is 135 Å². The summed E-state index contributed by atoms with van der Waals surface area (Å²) < 4.78 is 29.8. The van der Waals surface area contributed by atoms with E-state index in [4.69, 9.17) is 16.3 Å². The Balaban J connectivity index is 1.49. The largest absolute Gasteiger partial charge is 0.489 e. The zero-order valence-electron chi connectivity index (χ0n) is 12.2. The zero-order valence-corrected chi connectivity index (χ0v) is 13.7. The highest BCUT2D eigenvalue weighted by molar-refractivity contribution is 7.92. The first-order valence-electron chi connectivity index (χ1n) is 7.57. The molecule has 2 atom stereocenters. The predicted molar refractivity (Wildman–Crippen MR) is 87.0 cm³/mol. The first-order chi connectivity index (χ1) is 10.5. The molecule has 118 valence electrons. The Morgan fingerprint density at radius 1 is 1.32 bits per heavy atom. The maximum Gasteiger partial charge on any atom is 0.154 e. The maximum absolute atomic E-state index is 12.0. The van der Waals surface area contributed by atoms with Crippen molar-refractivity contribution in [3.8, 4) is 5.75 Å². The van der Waals surface area contributed by atoms with E-state index in [0.717, 1.165) is 30.8 Å². The van der Waals surface area contributed by atoms with Gasteiger partial charge in [0.15, 0.2) is 9.84 Å². The van der Waals surface area contributed by atoms with Crippen molar-refractivity contribution in [3.05, 3.63) is 34.4 Å². The van der Waals surface area contributed by atoms with Crippen molar-refractivity contribution in [2.24, 2.45) is 5.92 Å². The highest BCUT2D eigenvalue weighted by Gasteiger charge is 2.46. The van der Waals surface area contributed by atoms with E-state index >= 15 is 0 Å². The standard InChI is InChI=1S/C16H18ClNO3S/c17-14-1-2-15-13(6-14)5-11(10-21-15)7-18-8-12-3-4-22(19,20)16(12)9-18/h1-2,5-6,12,16H,3-4,7-10H2/t12-,16+/m0/s1. The molecule has 0 unspecified atom stereocenters. The molecule has 22 heavy (non-hydrogen) atoms. The Hall–Kier alpha value is -1.04. The Kier molecular flexibility index (Phi) is 3.47. The van der Waals surface area contributed by atoms with Gasteiger partial charge >= 0.3 is 0 Å². The molecule has 4 nitrogen and oxygen atoms in total. The summed E-state index contributed by atoms with van der Waals surface area (Å²) in [5, 5.41) is 0.543. The summed E-state index contributed by atoms with van der Waals surface area (Å²) in [5.41, 5.74) is 2.17. The third-order valence-electron chi connectivity index (χ3n) is 4.86. The summed E-state index contributed by atoms with van der Waals surface area (Å²) in [6, 6.07) is 5.61. The van der Waals surface area contributed by atoms with Crippen molar-refractivity contribution in [1.82, 2.24) is 4.90 Å². The van der Waals surface area contributed by atoms with Crippen LogP contribution in [-0.2, 0) is 9.84 Å². The van der Waals surface area contributed by atoms with Crippen LogP contribution in [0.15, 0.2) is 23.8 Å². The van der Waals surface area contributed by atoms with E-state index < -0.39 is 9.84 Å². The van der Waals surface area contributed by atoms with Gasteiger partial charge in [-0.1, -0.05) is 11.6 Å². The van der Waals surface area contributed by atoms with Crippen LogP contribution in [0.1, 0.15) is 12.0 Å². The number of nitrogens with zero attached hydrogens (tertiary/aromatic N) is 1. The molecule has 1 aromatic carbocycles. The summed E-state index contributed by atoms with van der Waals surface area (Å²) in [4.78, 5) is 2.25. The van der Waals surface area contributed by atoms with Crippen LogP contribution in [0, 0.1) is 5.92 Å². The second-order valence-electron chi connectivity index (χ2n) is 6.42. The minimum Gasteiger partial charge on any atom is -0.489 e. The molecule has 1 aromatic rings. The third kappa shape index (κ3) is 2.55. The number of fused-ring (bicyclic) bond motifs is 2. The number of rotatable bonds is 2. The fourth-order valence-electron chi connectivity index (χ4n) is 3.78. The number of benzene rings is 1. The minimum atomic E-state index is -2.86. The molecule has 0 spiro atoms. The summed E-state index contributed by atoms with van der Waals surface area (Å²) in [7, 11) is -2.86. The molecular formula is C16H18ClNO3S. The highest BCUT2D eigenvalue weighted by atomic mass is 35.5. The van der Waals surface area contributed by atoms with E-state index in [0.29, 0.717) is 29.8 Å². The molecule has 2 fully saturated rings. The number of likely N-dealkylation sites (tertiary alicyclic amines) is 1. The summed E-state index contributed by atoms with van der Waals surface area (Å²) in [6.45, 7) is 2.87. The van der Waals surface area contributed by atoms with Crippen LogP contribution >= 0.6 is 11.6 Å². The molecule has 2 saturated heterocycles. The van der Waals surface area contributed by atoms with Crippen LogP contribution in [-0.4, -0.2) is 50.6 Å². The molecule has 0 radical (unpaired) electrons. The highest BCUT2D eigenvalue weighted by Crippen LogP contribution is 2.35. The van der Waals surface area contributed by atoms with Gasteiger partial charge in [-0.2, -0.15) is 0 Å². The molecule has 3 heterocycles. The van der Waals surface area contributed by atoms with Crippen LogP contribution in [0.3, 0.4) is 0 Å². The number of sulfone groups is 1. The fraction of sp³-hybridized carbons (Fsp3) is 0.500. The van der Waals surface area contributed by atoms with E-state index in [1.54, 1.807) is 0 Å². The Morgan fingerprint density at radius 3 is 3.00 bits per heavy atom. The third-order valence-corrected chi connectivity index (χ3v) is 7.36. The molecule has 0 amide bonds. The van der Waals surface area contributed by atoms with E-state index in [1.807, 2.05) is 18.2 Å². The molecular weight excluding hydrogens is 322 g/mol. The first kappa shape index (κ1) is 14.5. The molecule has 0 aromatic heterocycles. The fourth-order valence-corrected chi connectivity index (χ4v) is 6.14. The molecule has 3 aliphatic rings. The van der Waals surface area contributed by atoms with Gasteiger partial charge in [0.05, 0.1) is 11.0 Å². The van der Waals surface area contributed by atoms with Gasteiger partial charge < -0.3 is 4.74 Å². The smallest absolute Gasteiger partial charge is 0.154 e. The molecule has 3 aliphatic heterocycles. The maximum atomic E-state index is 12.0. The minimum absolute atomic E-state index is 0.153. The van der Waals surface area contributed by atoms with Crippen LogP contribution in [0.4, 0.5) is 0 Å². The molecule has 4 rings (SSSR count). The van der Waals surface area contributed by atoms with Gasteiger partial charge in [0.2, 0.25) is 0 Å². The number of halogens is 1. The molecule has 0 bridgehead atoms. The van der Waals surface area contributed by atoms with Crippen molar-refractivity contribution in [2.75, 3.05) is 32.0 Å². The second kappa shape index (κ2) is 5.25. The Morgan fingerprint density at radius 2 is 2.18 bits per heavy atom. The van der Waals surface area contributed by atoms with Crippen molar-refractivity contribution in [1.29, 1.82) is 0 Å². The SMILES string of the molecule is O=S1(=O)CC[C@H]2CN(CC3=Cc4cc(Cl)ccc4OC3)C[C@H]21. The number of hydrogen-bond donors (Lipinski definition) is 0. The monoisotopic (exact) mass is 339 g/mol. The molecule has 0 saturated carbocycles. The normalized spacial score (nSPS) is 29.6. The molecule has 0 aliphatic carbocycles. The van der Waals surface area contributed by atoms with Crippen molar-refractivity contribution in [2.45, 2.75) is 11.7 Å². The summed E-state index contributed by atoms with van der Waals surface area (Å²) >= 11 is 6.03. The lowest BCUT2D eigenvalue weighted by molar-refractivity contribution is 0.303. The Bertz CT molecular complexity index is 744. The quantitative estimate of drug-likeness (QED) is 0.829. The van der Waals surface area contributed by atoms with Gasteiger partial charge in [0, 0.05) is 30.2 Å². The number of hydrogen-bond acceptors (Lipinski definition) is 4. The van der Waals surface area contributed by atoms with Crippen LogP contribution in [0.25, 0.3) is 6.08 Å². The van der Waals surface area contributed by atoms with Crippen molar-refractivity contribution in [3.63, 3.8) is 0 Å². The average Bonchev–Trinajstić information content (AvgIpc) is 2.99. The average molecular weight is 340 g/mol. The number of ether oxygens (including phenoxy) is 1.